The number of methoxy groups -OCH3 is 1. The molecule has 0 amide bonds. The van der Waals surface area contributed by atoms with Gasteiger partial charge in [0.2, 0.25) is 0 Å². The first-order chi connectivity index (χ1) is 8.19. The lowest BCUT2D eigenvalue weighted by Gasteiger charge is -2.07. The molecule has 3 nitrogen and oxygen atoms in total. The van der Waals surface area contributed by atoms with Crippen LogP contribution in [0.5, 0.6) is 0 Å². The molecule has 0 saturated carbocycles. The minimum atomic E-state index is -0.319. The molecule has 2 N–H and O–H groups in total. The second kappa shape index (κ2) is 7.22. The summed E-state index contributed by atoms with van der Waals surface area (Å²) in [4.78, 5) is 12.3. The van der Waals surface area contributed by atoms with Gasteiger partial charge >= 0.3 is 5.97 Å². The van der Waals surface area contributed by atoms with Crippen LogP contribution < -0.4 is 5.73 Å². The lowest BCUT2D eigenvalue weighted by atomic mass is 10.2. The van der Waals surface area contributed by atoms with E-state index in [1.165, 1.54) is 26.4 Å². The van der Waals surface area contributed by atoms with Crippen LogP contribution >= 0.6 is 11.8 Å². The van der Waals surface area contributed by atoms with Crippen molar-refractivity contribution in [2.75, 3.05) is 18.6 Å². The van der Waals surface area contributed by atoms with Gasteiger partial charge in [-0.25, -0.2) is 4.79 Å². The van der Waals surface area contributed by atoms with Gasteiger partial charge in [-0.15, -0.1) is 11.8 Å². The Morgan fingerprint density at radius 3 is 2.82 bits per heavy atom. The predicted molar refractivity (Wildman–Crippen MR) is 72.4 cm³/mol. The summed E-state index contributed by atoms with van der Waals surface area (Å²) >= 11 is 1.70. The Hall–Kier alpha value is -1.16. The highest BCUT2D eigenvalue weighted by atomic mass is 32.2. The number of unbranched alkanes of at least 4 members (excludes halogenated alkanes) is 2. The quantitative estimate of drug-likeness (QED) is 0.365. The van der Waals surface area contributed by atoms with Crippen molar-refractivity contribution in [2.45, 2.75) is 31.1 Å². The summed E-state index contributed by atoms with van der Waals surface area (Å²) in [5.41, 5.74) is 7.15. The first-order valence-electron chi connectivity index (χ1n) is 5.79. The van der Waals surface area contributed by atoms with E-state index in [9.17, 15) is 4.79 Å². The van der Waals surface area contributed by atoms with Crippen molar-refractivity contribution in [1.29, 1.82) is 0 Å². The van der Waals surface area contributed by atoms with Crippen LogP contribution in [0.4, 0.5) is 5.69 Å². The van der Waals surface area contributed by atoms with Crippen molar-refractivity contribution in [3.8, 4) is 0 Å². The third-order valence-corrected chi connectivity index (χ3v) is 3.60. The summed E-state index contributed by atoms with van der Waals surface area (Å²) < 4.78 is 4.69. The van der Waals surface area contributed by atoms with Crippen molar-refractivity contribution in [3.63, 3.8) is 0 Å². The number of carbonyl (C=O) groups excluding carboxylic acids is 1. The van der Waals surface area contributed by atoms with E-state index >= 15 is 0 Å². The van der Waals surface area contributed by atoms with E-state index in [2.05, 4.69) is 11.7 Å². The molecule has 0 atom stereocenters. The Morgan fingerprint density at radius 1 is 1.41 bits per heavy atom. The zero-order valence-corrected chi connectivity index (χ0v) is 11.2. The van der Waals surface area contributed by atoms with Crippen LogP contribution in [-0.2, 0) is 4.74 Å². The second-order valence-electron chi connectivity index (χ2n) is 3.80. The molecular formula is C13H19NO2S. The molecule has 0 bridgehead atoms. The van der Waals surface area contributed by atoms with E-state index in [0.717, 1.165) is 16.3 Å². The Morgan fingerprint density at radius 2 is 2.18 bits per heavy atom. The van der Waals surface area contributed by atoms with E-state index in [1.807, 2.05) is 0 Å². The number of nitrogen functional groups attached to an aromatic ring is 1. The molecule has 0 unspecified atom stereocenters. The van der Waals surface area contributed by atoms with Gasteiger partial charge < -0.3 is 10.5 Å². The van der Waals surface area contributed by atoms with Crippen molar-refractivity contribution in [1.82, 2.24) is 0 Å². The zero-order valence-electron chi connectivity index (χ0n) is 10.4. The van der Waals surface area contributed by atoms with Crippen LogP contribution in [0.3, 0.4) is 0 Å². The van der Waals surface area contributed by atoms with Crippen LogP contribution in [0.2, 0.25) is 0 Å². The van der Waals surface area contributed by atoms with Gasteiger partial charge in [0.15, 0.2) is 0 Å². The summed E-state index contributed by atoms with van der Waals surface area (Å²) in [5.74, 6) is 0.711. The smallest absolute Gasteiger partial charge is 0.337 e. The molecule has 0 aliphatic carbocycles. The Labute approximate surface area is 107 Å². The van der Waals surface area contributed by atoms with Crippen LogP contribution in [0.1, 0.15) is 36.5 Å². The molecular weight excluding hydrogens is 234 g/mol. The fourth-order valence-electron chi connectivity index (χ4n) is 1.44. The highest BCUT2D eigenvalue weighted by molar-refractivity contribution is 7.99. The SMILES string of the molecule is CCCCCSc1cc(C(=O)OC)ccc1N. The van der Waals surface area contributed by atoms with Gasteiger partial charge in [-0.1, -0.05) is 19.8 Å². The van der Waals surface area contributed by atoms with Crippen LogP contribution in [0.25, 0.3) is 0 Å². The average molecular weight is 253 g/mol. The summed E-state index contributed by atoms with van der Waals surface area (Å²) in [6.07, 6.45) is 3.60. The number of hydrogen-bond donors (Lipinski definition) is 1. The third kappa shape index (κ3) is 4.30. The predicted octanol–water partition coefficient (Wildman–Crippen LogP) is 3.34. The van der Waals surface area contributed by atoms with E-state index in [-0.39, 0.29) is 5.97 Å². The fraction of sp³-hybridized carbons (Fsp3) is 0.462. The molecule has 0 aliphatic heterocycles. The van der Waals surface area contributed by atoms with Crippen LogP contribution in [0, 0.1) is 0 Å². The lowest BCUT2D eigenvalue weighted by Crippen LogP contribution is -2.02. The summed E-state index contributed by atoms with van der Waals surface area (Å²) in [7, 11) is 1.38. The number of esters is 1. The van der Waals surface area contributed by atoms with Crippen molar-refractivity contribution in [2.24, 2.45) is 0 Å². The number of thioether (sulfide) groups is 1. The largest absolute Gasteiger partial charge is 0.465 e. The topological polar surface area (TPSA) is 52.3 Å². The molecule has 94 valence electrons. The summed E-state index contributed by atoms with van der Waals surface area (Å²) in [6, 6.07) is 5.25. The number of benzene rings is 1. The zero-order chi connectivity index (χ0) is 12.7. The molecule has 1 aromatic rings. The molecule has 0 fully saturated rings. The Balaban J connectivity index is 2.66. The maximum atomic E-state index is 11.4. The molecule has 0 aliphatic rings. The number of ether oxygens (including phenoxy) is 1. The van der Waals surface area contributed by atoms with Crippen molar-refractivity contribution in [3.05, 3.63) is 23.8 Å². The minimum absolute atomic E-state index is 0.319. The van der Waals surface area contributed by atoms with E-state index in [1.54, 1.807) is 30.0 Å². The van der Waals surface area contributed by atoms with E-state index in [0.29, 0.717) is 5.56 Å². The van der Waals surface area contributed by atoms with Gasteiger partial charge in [0, 0.05) is 10.6 Å². The highest BCUT2D eigenvalue weighted by Crippen LogP contribution is 2.27. The van der Waals surface area contributed by atoms with Crippen LogP contribution in [-0.4, -0.2) is 18.8 Å². The van der Waals surface area contributed by atoms with Gasteiger partial charge in [0.05, 0.1) is 12.7 Å². The molecule has 4 heteroatoms. The van der Waals surface area contributed by atoms with Gasteiger partial charge in [-0.2, -0.15) is 0 Å². The molecule has 0 spiro atoms. The molecule has 17 heavy (non-hydrogen) atoms. The highest BCUT2D eigenvalue weighted by Gasteiger charge is 2.08. The molecule has 1 aromatic carbocycles. The standard InChI is InChI=1S/C13H19NO2S/c1-3-4-5-8-17-12-9-10(13(15)16-2)6-7-11(12)14/h6-7,9H,3-5,8,14H2,1-2H3. The number of nitrogens with two attached hydrogens (primary N) is 1. The summed E-state index contributed by atoms with van der Waals surface area (Å²) in [5, 5.41) is 0. The maximum Gasteiger partial charge on any atom is 0.337 e. The molecule has 0 aromatic heterocycles. The lowest BCUT2D eigenvalue weighted by molar-refractivity contribution is 0.0600. The monoisotopic (exact) mass is 253 g/mol. The summed E-state index contributed by atoms with van der Waals surface area (Å²) in [6.45, 7) is 2.18. The normalized spacial score (nSPS) is 10.2. The van der Waals surface area contributed by atoms with Gasteiger partial charge in [0.25, 0.3) is 0 Å². The third-order valence-electron chi connectivity index (χ3n) is 2.44. The minimum Gasteiger partial charge on any atom is -0.465 e. The first kappa shape index (κ1) is 13.9. The van der Waals surface area contributed by atoms with Gasteiger partial charge in [0.1, 0.15) is 0 Å². The number of rotatable bonds is 6. The van der Waals surface area contributed by atoms with Gasteiger partial charge in [-0.3, -0.25) is 0 Å². The maximum absolute atomic E-state index is 11.4. The molecule has 0 radical (unpaired) electrons. The number of hydrogen-bond acceptors (Lipinski definition) is 4. The first-order valence-corrected chi connectivity index (χ1v) is 6.78. The number of anilines is 1. The molecule has 0 saturated heterocycles. The second-order valence-corrected chi connectivity index (χ2v) is 4.94. The van der Waals surface area contributed by atoms with Crippen LogP contribution in [0.15, 0.2) is 23.1 Å². The van der Waals surface area contributed by atoms with Crippen molar-refractivity contribution < 1.29 is 9.53 Å². The van der Waals surface area contributed by atoms with Gasteiger partial charge in [-0.05, 0) is 30.4 Å². The van der Waals surface area contributed by atoms with E-state index in [4.69, 9.17) is 5.73 Å². The fourth-order valence-corrected chi connectivity index (χ4v) is 2.45. The van der Waals surface area contributed by atoms with Crippen molar-refractivity contribution >= 4 is 23.4 Å². The molecule has 0 heterocycles. The Kier molecular flexibility index (Phi) is 5.91. The van der Waals surface area contributed by atoms with E-state index < -0.39 is 0 Å². The Bertz CT molecular complexity index is 380. The average Bonchev–Trinajstić information content (AvgIpc) is 2.35. The number of carbonyl (C=O) groups is 1. The molecule has 1 rings (SSSR count).